The molecule has 0 atom stereocenters. The normalized spacial score (nSPS) is 10.8. The van der Waals surface area contributed by atoms with Crippen molar-refractivity contribution in [2.45, 2.75) is 19.4 Å². The number of rotatable bonds is 7. The molecule has 0 spiro atoms. The SMILES string of the molecule is COC(=O)CCc1ccc(/C=C/C(=O)NCc2ccccc2F)o1. The number of furan rings is 1. The molecule has 126 valence electrons. The fraction of sp³-hybridized carbons (Fsp3) is 0.222. The predicted molar refractivity (Wildman–Crippen MR) is 86.3 cm³/mol. The van der Waals surface area contributed by atoms with Gasteiger partial charge in [0.05, 0.1) is 13.5 Å². The quantitative estimate of drug-likeness (QED) is 0.626. The highest BCUT2D eigenvalue weighted by Crippen LogP contribution is 2.12. The Labute approximate surface area is 139 Å². The van der Waals surface area contributed by atoms with Crippen molar-refractivity contribution in [3.05, 3.63) is 65.4 Å². The topological polar surface area (TPSA) is 68.5 Å². The largest absolute Gasteiger partial charge is 0.469 e. The van der Waals surface area contributed by atoms with E-state index < -0.39 is 0 Å². The fourth-order valence-corrected chi connectivity index (χ4v) is 1.99. The molecule has 1 amide bonds. The van der Waals surface area contributed by atoms with Crippen molar-refractivity contribution < 1.29 is 23.1 Å². The van der Waals surface area contributed by atoms with Gasteiger partial charge in [-0.15, -0.1) is 0 Å². The third-order valence-corrected chi connectivity index (χ3v) is 3.30. The molecule has 0 fully saturated rings. The first-order valence-corrected chi connectivity index (χ1v) is 7.43. The van der Waals surface area contributed by atoms with Crippen LogP contribution in [0.5, 0.6) is 0 Å². The number of hydrogen-bond donors (Lipinski definition) is 1. The zero-order valence-electron chi connectivity index (χ0n) is 13.3. The number of carbonyl (C=O) groups excluding carboxylic acids is 2. The summed E-state index contributed by atoms with van der Waals surface area (Å²) in [5.41, 5.74) is 0.419. The number of carbonyl (C=O) groups is 2. The van der Waals surface area contributed by atoms with Gasteiger partial charge in [0.25, 0.3) is 0 Å². The molecule has 5 nitrogen and oxygen atoms in total. The molecule has 0 aliphatic carbocycles. The summed E-state index contributed by atoms with van der Waals surface area (Å²) in [4.78, 5) is 22.8. The molecule has 1 heterocycles. The highest BCUT2D eigenvalue weighted by Gasteiger charge is 2.05. The van der Waals surface area contributed by atoms with Gasteiger partial charge in [-0.05, 0) is 24.3 Å². The smallest absolute Gasteiger partial charge is 0.305 e. The lowest BCUT2D eigenvalue weighted by Gasteiger charge is -2.03. The summed E-state index contributed by atoms with van der Waals surface area (Å²) in [6.45, 7) is 0.110. The fourth-order valence-electron chi connectivity index (χ4n) is 1.99. The number of methoxy groups -OCH3 is 1. The number of esters is 1. The van der Waals surface area contributed by atoms with Crippen LogP contribution in [0.2, 0.25) is 0 Å². The zero-order chi connectivity index (χ0) is 17.4. The lowest BCUT2D eigenvalue weighted by Crippen LogP contribution is -2.20. The first kappa shape index (κ1) is 17.5. The third-order valence-electron chi connectivity index (χ3n) is 3.30. The Morgan fingerprint density at radius 2 is 2.04 bits per heavy atom. The van der Waals surface area contributed by atoms with Crippen LogP contribution in [0.25, 0.3) is 6.08 Å². The maximum Gasteiger partial charge on any atom is 0.305 e. The first-order valence-electron chi connectivity index (χ1n) is 7.43. The summed E-state index contributed by atoms with van der Waals surface area (Å²) in [7, 11) is 1.33. The van der Waals surface area contributed by atoms with Gasteiger partial charge in [0.15, 0.2) is 0 Å². The van der Waals surface area contributed by atoms with Crippen LogP contribution < -0.4 is 5.32 Å². The van der Waals surface area contributed by atoms with Crippen LogP contribution in [0.1, 0.15) is 23.5 Å². The van der Waals surface area contributed by atoms with Crippen LogP contribution in [0, 0.1) is 5.82 Å². The van der Waals surface area contributed by atoms with Crippen molar-refractivity contribution in [1.29, 1.82) is 0 Å². The second-order valence-electron chi connectivity index (χ2n) is 5.02. The van der Waals surface area contributed by atoms with Crippen LogP contribution in [-0.2, 0) is 27.3 Å². The van der Waals surface area contributed by atoms with Gasteiger partial charge >= 0.3 is 5.97 Å². The van der Waals surface area contributed by atoms with E-state index in [-0.39, 0.29) is 30.7 Å². The Bertz CT molecular complexity index is 736. The predicted octanol–water partition coefficient (Wildman–Crippen LogP) is 2.85. The third kappa shape index (κ3) is 5.39. The van der Waals surface area contributed by atoms with Crippen LogP contribution in [0.4, 0.5) is 4.39 Å². The van der Waals surface area contributed by atoms with Crippen molar-refractivity contribution in [2.24, 2.45) is 0 Å². The number of hydrogen-bond acceptors (Lipinski definition) is 4. The molecule has 0 unspecified atom stereocenters. The minimum absolute atomic E-state index is 0.110. The maximum absolute atomic E-state index is 13.4. The van der Waals surface area contributed by atoms with Crippen molar-refractivity contribution in [3.8, 4) is 0 Å². The number of nitrogens with one attached hydrogen (secondary N) is 1. The summed E-state index contributed by atoms with van der Waals surface area (Å²) in [5.74, 6) is 0.104. The minimum Gasteiger partial charge on any atom is -0.469 e. The molecule has 0 aliphatic rings. The zero-order valence-corrected chi connectivity index (χ0v) is 13.3. The Morgan fingerprint density at radius 1 is 1.25 bits per heavy atom. The number of benzene rings is 1. The summed E-state index contributed by atoms with van der Waals surface area (Å²) in [5, 5.41) is 2.60. The molecule has 0 bridgehead atoms. The Kier molecular flexibility index (Phi) is 6.31. The molecule has 0 aliphatic heterocycles. The van der Waals surface area contributed by atoms with Crippen molar-refractivity contribution >= 4 is 18.0 Å². The Morgan fingerprint density at radius 3 is 2.79 bits per heavy atom. The van der Waals surface area contributed by atoms with E-state index in [0.29, 0.717) is 23.5 Å². The number of halogens is 1. The lowest BCUT2D eigenvalue weighted by molar-refractivity contribution is -0.140. The summed E-state index contributed by atoms with van der Waals surface area (Å²) in [6, 6.07) is 9.69. The van der Waals surface area contributed by atoms with Crippen LogP contribution in [0.15, 0.2) is 46.9 Å². The van der Waals surface area contributed by atoms with Gasteiger partial charge in [-0.3, -0.25) is 9.59 Å². The summed E-state index contributed by atoms with van der Waals surface area (Å²) in [6.07, 6.45) is 3.48. The molecule has 2 aromatic rings. The lowest BCUT2D eigenvalue weighted by atomic mass is 10.2. The van der Waals surface area contributed by atoms with Gasteiger partial charge in [0.1, 0.15) is 17.3 Å². The average Bonchev–Trinajstić information content (AvgIpc) is 3.05. The summed E-state index contributed by atoms with van der Waals surface area (Å²) >= 11 is 0. The van der Waals surface area contributed by atoms with E-state index in [1.54, 1.807) is 30.3 Å². The van der Waals surface area contributed by atoms with Gasteiger partial charge in [-0.1, -0.05) is 18.2 Å². The van der Waals surface area contributed by atoms with Crippen molar-refractivity contribution in [1.82, 2.24) is 5.32 Å². The molecule has 0 saturated carbocycles. The van der Waals surface area contributed by atoms with Crippen LogP contribution in [0.3, 0.4) is 0 Å². The monoisotopic (exact) mass is 331 g/mol. The molecule has 0 radical (unpaired) electrons. The highest BCUT2D eigenvalue weighted by atomic mass is 19.1. The average molecular weight is 331 g/mol. The van der Waals surface area contributed by atoms with Gasteiger partial charge in [-0.25, -0.2) is 4.39 Å². The van der Waals surface area contributed by atoms with Gasteiger partial charge in [-0.2, -0.15) is 0 Å². The molecule has 1 N–H and O–H groups in total. The van der Waals surface area contributed by atoms with E-state index in [4.69, 9.17) is 4.42 Å². The molecular formula is C18H18FNO4. The first-order chi connectivity index (χ1) is 11.6. The van der Waals surface area contributed by atoms with Crippen LogP contribution in [-0.4, -0.2) is 19.0 Å². The van der Waals surface area contributed by atoms with E-state index in [1.165, 1.54) is 25.3 Å². The highest BCUT2D eigenvalue weighted by molar-refractivity contribution is 5.91. The maximum atomic E-state index is 13.4. The van der Waals surface area contributed by atoms with E-state index in [0.717, 1.165) is 0 Å². The molecule has 1 aromatic carbocycles. The molecule has 2 rings (SSSR count). The van der Waals surface area contributed by atoms with Gasteiger partial charge < -0.3 is 14.5 Å². The summed E-state index contributed by atoms with van der Waals surface area (Å²) < 4.78 is 23.5. The second-order valence-corrected chi connectivity index (χ2v) is 5.02. The van der Waals surface area contributed by atoms with Gasteiger partial charge in [0.2, 0.25) is 5.91 Å². The molecular weight excluding hydrogens is 313 g/mol. The molecule has 1 aromatic heterocycles. The van der Waals surface area contributed by atoms with E-state index in [1.807, 2.05) is 0 Å². The molecule has 24 heavy (non-hydrogen) atoms. The minimum atomic E-state index is -0.358. The van der Waals surface area contributed by atoms with Gasteiger partial charge in [0, 0.05) is 24.6 Å². The van der Waals surface area contributed by atoms with Crippen molar-refractivity contribution in [3.63, 3.8) is 0 Å². The number of amides is 1. The number of aryl methyl sites for hydroxylation is 1. The van der Waals surface area contributed by atoms with E-state index in [2.05, 4.69) is 10.1 Å². The Balaban J connectivity index is 1.82. The van der Waals surface area contributed by atoms with Crippen molar-refractivity contribution in [2.75, 3.05) is 7.11 Å². The van der Waals surface area contributed by atoms with E-state index >= 15 is 0 Å². The molecule has 6 heteroatoms. The number of ether oxygens (including phenoxy) is 1. The Hall–Kier alpha value is -2.89. The van der Waals surface area contributed by atoms with Crippen LogP contribution >= 0.6 is 0 Å². The second kappa shape index (κ2) is 8.67. The molecule has 0 saturated heterocycles. The standard InChI is InChI=1S/C18H18FNO4/c1-23-18(22)11-9-15-7-6-14(24-15)8-10-17(21)20-12-13-4-2-3-5-16(13)19/h2-8,10H,9,11-12H2,1H3,(H,20,21)/b10-8+. The van der Waals surface area contributed by atoms with E-state index in [9.17, 15) is 14.0 Å².